The van der Waals surface area contributed by atoms with Crippen LogP contribution in [0.1, 0.15) is 15.9 Å². The Hall–Kier alpha value is -2.86. The molecule has 26 heavy (non-hydrogen) atoms. The Balaban J connectivity index is 2.24. The third-order valence-corrected chi connectivity index (χ3v) is 6.11. The summed E-state index contributed by atoms with van der Waals surface area (Å²) in [5, 5.41) is 0. The monoisotopic (exact) mass is 368 g/mol. The van der Waals surface area contributed by atoms with Crippen molar-refractivity contribution in [3.05, 3.63) is 85.0 Å². The summed E-state index contributed by atoms with van der Waals surface area (Å²) >= 11 is 0. The number of fused-ring (bicyclic) bond motifs is 1. The van der Waals surface area contributed by atoms with E-state index in [1.807, 2.05) is 6.92 Å². The first-order valence-electron chi connectivity index (χ1n) is 8.16. The van der Waals surface area contributed by atoms with E-state index in [9.17, 15) is 13.2 Å². The molecule has 134 valence electrons. The van der Waals surface area contributed by atoms with Gasteiger partial charge in [0.1, 0.15) is 6.17 Å². The molecule has 0 spiro atoms. The van der Waals surface area contributed by atoms with Gasteiger partial charge in [-0.05, 0) is 37.3 Å². The Morgan fingerprint density at radius 1 is 1.08 bits per heavy atom. The van der Waals surface area contributed by atoms with Crippen molar-refractivity contribution >= 4 is 21.6 Å². The van der Waals surface area contributed by atoms with Crippen molar-refractivity contribution in [1.29, 1.82) is 0 Å². The van der Waals surface area contributed by atoms with E-state index in [4.69, 9.17) is 0 Å². The van der Waals surface area contributed by atoms with E-state index in [0.717, 1.165) is 5.56 Å². The molecule has 0 saturated carbocycles. The molecule has 1 atom stereocenters. The van der Waals surface area contributed by atoms with E-state index in [2.05, 4.69) is 13.2 Å². The quantitative estimate of drug-likeness (QED) is 0.761. The Kier molecular flexibility index (Phi) is 4.70. The summed E-state index contributed by atoms with van der Waals surface area (Å²) in [6, 6.07) is 13.3. The van der Waals surface area contributed by atoms with Gasteiger partial charge >= 0.3 is 0 Å². The topological polar surface area (TPSA) is 57.7 Å². The number of para-hydroxylation sites is 1. The lowest BCUT2D eigenvalue weighted by molar-refractivity contribution is 0.0727. The molecular weight excluding hydrogens is 348 g/mol. The SMILES string of the molecule is C=CCN1C(=O)c2ccccc2N(S(=O)(=O)c2ccc(C)cc2)C1C=C. The van der Waals surface area contributed by atoms with E-state index in [1.54, 1.807) is 54.6 Å². The summed E-state index contributed by atoms with van der Waals surface area (Å²) in [6.07, 6.45) is 2.20. The molecule has 0 bridgehead atoms. The number of anilines is 1. The van der Waals surface area contributed by atoms with Crippen molar-refractivity contribution in [2.24, 2.45) is 0 Å². The average molecular weight is 368 g/mol. The predicted molar refractivity (Wildman–Crippen MR) is 103 cm³/mol. The summed E-state index contributed by atoms with van der Waals surface area (Å²) in [5.74, 6) is -0.249. The van der Waals surface area contributed by atoms with Crippen molar-refractivity contribution in [2.45, 2.75) is 18.0 Å². The average Bonchev–Trinajstić information content (AvgIpc) is 2.64. The Morgan fingerprint density at radius 2 is 1.73 bits per heavy atom. The normalized spacial score (nSPS) is 17.0. The van der Waals surface area contributed by atoms with Crippen LogP contribution < -0.4 is 4.31 Å². The van der Waals surface area contributed by atoms with Crippen LogP contribution in [0.3, 0.4) is 0 Å². The van der Waals surface area contributed by atoms with Crippen LogP contribution in [0.15, 0.2) is 78.7 Å². The highest BCUT2D eigenvalue weighted by atomic mass is 32.2. The summed E-state index contributed by atoms with van der Waals surface area (Å²) in [4.78, 5) is 14.4. The second kappa shape index (κ2) is 6.80. The first kappa shape index (κ1) is 17.9. The minimum atomic E-state index is -3.89. The molecule has 0 fully saturated rings. The van der Waals surface area contributed by atoms with Crippen LogP contribution in [0.25, 0.3) is 0 Å². The fourth-order valence-corrected chi connectivity index (χ4v) is 4.65. The van der Waals surface area contributed by atoms with Gasteiger partial charge in [-0.15, -0.1) is 6.58 Å². The molecule has 5 nitrogen and oxygen atoms in total. The number of carbonyl (C=O) groups is 1. The van der Waals surface area contributed by atoms with Crippen molar-refractivity contribution in [1.82, 2.24) is 4.90 Å². The van der Waals surface area contributed by atoms with Gasteiger partial charge in [0.2, 0.25) is 0 Å². The second-order valence-corrected chi connectivity index (χ2v) is 7.84. The van der Waals surface area contributed by atoms with E-state index in [1.165, 1.54) is 15.3 Å². The lowest BCUT2D eigenvalue weighted by Gasteiger charge is -2.42. The highest BCUT2D eigenvalue weighted by molar-refractivity contribution is 7.92. The summed E-state index contributed by atoms with van der Waals surface area (Å²) in [6.45, 7) is 9.54. The molecule has 0 saturated heterocycles. The molecule has 6 heteroatoms. The highest BCUT2D eigenvalue weighted by Gasteiger charge is 2.41. The predicted octanol–water partition coefficient (Wildman–Crippen LogP) is 3.34. The number of nitrogens with zero attached hydrogens (tertiary/aromatic N) is 2. The van der Waals surface area contributed by atoms with Gasteiger partial charge in [-0.2, -0.15) is 0 Å². The van der Waals surface area contributed by atoms with Gasteiger partial charge in [0.15, 0.2) is 0 Å². The maximum Gasteiger partial charge on any atom is 0.266 e. The number of rotatable bonds is 5. The molecule has 2 aromatic rings. The number of amides is 1. The zero-order valence-electron chi connectivity index (χ0n) is 14.5. The molecule has 0 N–H and O–H groups in total. The van der Waals surface area contributed by atoms with Gasteiger partial charge in [-0.3, -0.25) is 4.79 Å². The van der Waals surface area contributed by atoms with Gasteiger partial charge in [0.25, 0.3) is 15.9 Å². The molecule has 1 aliphatic heterocycles. The van der Waals surface area contributed by atoms with Gasteiger partial charge < -0.3 is 4.90 Å². The second-order valence-electron chi connectivity index (χ2n) is 6.03. The number of hydrogen-bond acceptors (Lipinski definition) is 3. The summed E-state index contributed by atoms with van der Waals surface area (Å²) < 4.78 is 28.1. The Labute approximate surface area is 153 Å². The molecular formula is C20H20N2O3S. The van der Waals surface area contributed by atoms with Crippen LogP contribution in [-0.4, -0.2) is 31.9 Å². The largest absolute Gasteiger partial charge is 0.310 e. The van der Waals surface area contributed by atoms with E-state index in [0.29, 0.717) is 11.3 Å². The van der Waals surface area contributed by atoms with E-state index < -0.39 is 16.2 Å². The fraction of sp³-hybridized carbons (Fsp3) is 0.150. The van der Waals surface area contributed by atoms with Gasteiger partial charge in [0, 0.05) is 6.54 Å². The van der Waals surface area contributed by atoms with Crippen LogP contribution in [0.5, 0.6) is 0 Å². The number of benzene rings is 2. The van der Waals surface area contributed by atoms with Crippen LogP contribution >= 0.6 is 0 Å². The maximum absolute atomic E-state index is 13.4. The lowest BCUT2D eigenvalue weighted by Crippen LogP contribution is -2.56. The van der Waals surface area contributed by atoms with Crippen molar-refractivity contribution in [3.8, 4) is 0 Å². The molecule has 0 aliphatic carbocycles. The van der Waals surface area contributed by atoms with Gasteiger partial charge in [0.05, 0.1) is 16.1 Å². The van der Waals surface area contributed by atoms with Crippen LogP contribution in [0.4, 0.5) is 5.69 Å². The molecule has 3 rings (SSSR count). The zero-order valence-corrected chi connectivity index (χ0v) is 15.3. The van der Waals surface area contributed by atoms with Crippen molar-refractivity contribution in [2.75, 3.05) is 10.8 Å². The number of hydrogen-bond donors (Lipinski definition) is 0. The molecule has 0 radical (unpaired) electrons. The summed E-state index contributed by atoms with van der Waals surface area (Å²) in [5.41, 5.74) is 1.65. The molecule has 0 aromatic heterocycles. The van der Waals surface area contributed by atoms with Gasteiger partial charge in [-0.1, -0.05) is 42.5 Å². The first-order chi connectivity index (χ1) is 12.4. The molecule has 2 aromatic carbocycles. The first-order valence-corrected chi connectivity index (χ1v) is 9.60. The maximum atomic E-state index is 13.4. The Morgan fingerprint density at radius 3 is 2.35 bits per heavy atom. The molecule has 1 amide bonds. The molecule has 1 heterocycles. The minimum Gasteiger partial charge on any atom is -0.310 e. The third kappa shape index (κ3) is 2.82. The number of aryl methyl sites for hydroxylation is 1. The highest BCUT2D eigenvalue weighted by Crippen LogP contribution is 2.36. The number of sulfonamides is 1. The van der Waals surface area contributed by atoms with Crippen LogP contribution in [-0.2, 0) is 10.0 Å². The van der Waals surface area contributed by atoms with E-state index >= 15 is 0 Å². The third-order valence-electron chi connectivity index (χ3n) is 4.31. The van der Waals surface area contributed by atoms with E-state index in [-0.39, 0.29) is 17.3 Å². The van der Waals surface area contributed by atoms with Crippen LogP contribution in [0, 0.1) is 6.92 Å². The zero-order chi connectivity index (χ0) is 18.9. The van der Waals surface area contributed by atoms with Crippen LogP contribution in [0.2, 0.25) is 0 Å². The molecule has 1 aliphatic rings. The minimum absolute atomic E-state index is 0.164. The van der Waals surface area contributed by atoms with Gasteiger partial charge in [-0.25, -0.2) is 12.7 Å². The van der Waals surface area contributed by atoms with Crippen molar-refractivity contribution in [3.63, 3.8) is 0 Å². The standard InChI is InChI=1S/C20H20N2O3S/c1-4-14-21-19(5-2)22(18-9-7-6-8-17(18)20(21)23)26(24,25)16-12-10-15(3)11-13-16/h4-13,19H,1-2,14H2,3H3. The Bertz CT molecular complexity index is 965. The van der Waals surface area contributed by atoms with Crippen molar-refractivity contribution < 1.29 is 13.2 Å². The summed E-state index contributed by atoms with van der Waals surface area (Å²) in [7, 11) is -3.89. The fourth-order valence-electron chi connectivity index (χ4n) is 3.04. The number of carbonyl (C=O) groups excluding carboxylic acids is 1. The smallest absolute Gasteiger partial charge is 0.266 e. The lowest BCUT2D eigenvalue weighted by atomic mass is 10.1. The molecule has 1 unspecified atom stereocenters.